The molecular formula is C13H17N5O. The summed E-state index contributed by atoms with van der Waals surface area (Å²) in [6.07, 6.45) is 0. The van der Waals surface area contributed by atoms with Crippen molar-refractivity contribution in [3.8, 4) is 11.6 Å². The Morgan fingerprint density at radius 2 is 2.00 bits per heavy atom. The molecule has 0 saturated heterocycles. The number of pyridine rings is 1. The highest BCUT2D eigenvalue weighted by atomic mass is 16.5. The van der Waals surface area contributed by atoms with Gasteiger partial charge in [-0.05, 0) is 32.9 Å². The Kier molecular flexibility index (Phi) is 3.25. The lowest BCUT2D eigenvalue weighted by Gasteiger charge is -2.10. The molecule has 3 N–H and O–H groups in total. The Hall–Kier alpha value is -2.37. The van der Waals surface area contributed by atoms with Gasteiger partial charge in [0.05, 0.1) is 11.3 Å². The quantitative estimate of drug-likeness (QED) is 0.649. The first kappa shape index (κ1) is 13.1. The molecule has 0 atom stereocenters. The first-order valence-electron chi connectivity index (χ1n) is 5.90. The third-order valence-electron chi connectivity index (χ3n) is 2.93. The van der Waals surface area contributed by atoms with Crippen LogP contribution in [0, 0.1) is 26.2 Å². The number of hydrogen-bond acceptors (Lipinski definition) is 4. The van der Waals surface area contributed by atoms with Gasteiger partial charge in [-0.2, -0.15) is 5.10 Å². The molecule has 0 aliphatic rings. The van der Waals surface area contributed by atoms with E-state index >= 15 is 0 Å². The van der Waals surface area contributed by atoms with E-state index in [1.165, 1.54) is 0 Å². The standard InChI is InChI=1S/C13H17N5O/c1-7-5-6-10(12(14)15)13(16-7)19-11-8(2)17-18(4)9(11)3/h5-6H,1-4H3,(H3,14,15). The summed E-state index contributed by atoms with van der Waals surface area (Å²) in [6.45, 7) is 5.64. The summed E-state index contributed by atoms with van der Waals surface area (Å²) in [5.41, 5.74) is 8.50. The summed E-state index contributed by atoms with van der Waals surface area (Å²) in [5.74, 6) is 0.927. The van der Waals surface area contributed by atoms with Crippen LogP contribution >= 0.6 is 0 Å². The normalized spacial score (nSPS) is 10.5. The zero-order valence-electron chi connectivity index (χ0n) is 11.5. The van der Waals surface area contributed by atoms with Crippen LogP contribution in [0.15, 0.2) is 12.1 Å². The van der Waals surface area contributed by atoms with Gasteiger partial charge in [-0.1, -0.05) is 0 Å². The second kappa shape index (κ2) is 4.72. The lowest BCUT2D eigenvalue weighted by Crippen LogP contribution is -2.13. The van der Waals surface area contributed by atoms with E-state index in [1.54, 1.807) is 16.8 Å². The van der Waals surface area contributed by atoms with Gasteiger partial charge in [0.1, 0.15) is 11.5 Å². The van der Waals surface area contributed by atoms with Crippen LogP contribution in [0.4, 0.5) is 0 Å². The van der Waals surface area contributed by atoms with E-state index in [9.17, 15) is 0 Å². The minimum atomic E-state index is -0.0679. The van der Waals surface area contributed by atoms with Crippen molar-refractivity contribution in [1.82, 2.24) is 14.8 Å². The Bertz CT molecular complexity index is 645. The molecule has 0 radical (unpaired) electrons. The molecule has 0 fully saturated rings. The third kappa shape index (κ3) is 2.42. The molecule has 19 heavy (non-hydrogen) atoms. The van der Waals surface area contributed by atoms with E-state index in [-0.39, 0.29) is 5.84 Å². The van der Waals surface area contributed by atoms with Crippen LogP contribution in [-0.2, 0) is 7.05 Å². The molecule has 0 saturated carbocycles. The van der Waals surface area contributed by atoms with Crippen LogP contribution in [0.5, 0.6) is 11.6 Å². The van der Waals surface area contributed by atoms with E-state index < -0.39 is 0 Å². The predicted octanol–water partition coefficient (Wildman–Crippen LogP) is 1.82. The molecule has 2 heterocycles. The van der Waals surface area contributed by atoms with Crippen LogP contribution in [0.2, 0.25) is 0 Å². The minimum Gasteiger partial charge on any atom is -0.434 e. The van der Waals surface area contributed by atoms with Crippen LogP contribution in [0.25, 0.3) is 0 Å². The lowest BCUT2D eigenvalue weighted by molar-refractivity contribution is 0.453. The number of aromatic nitrogens is 3. The molecule has 0 aromatic carbocycles. The molecule has 0 bridgehead atoms. The van der Waals surface area contributed by atoms with Crippen molar-refractivity contribution >= 4 is 5.84 Å². The van der Waals surface area contributed by atoms with E-state index in [1.807, 2.05) is 27.8 Å². The third-order valence-corrected chi connectivity index (χ3v) is 2.93. The molecule has 2 aromatic heterocycles. The molecule has 6 nitrogen and oxygen atoms in total. The second-order valence-corrected chi connectivity index (χ2v) is 4.44. The predicted molar refractivity (Wildman–Crippen MR) is 72.7 cm³/mol. The molecule has 6 heteroatoms. The number of hydrogen-bond donors (Lipinski definition) is 2. The van der Waals surface area contributed by atoms with Gasteiger partial charge in [-0.3, -0.25) is 10.1 Å². The maximum Gasteiger partial charge on any atom is 0.230 e. The average molecular weight is 259 g/mol. The number of amidine groups is 1. The van der Waals surface area contributed by atoms with Gasteiger partial charge in [-0.25, -0.2) is 4.98 Å². The fourth-order valence-corrected chi connectivity index (χ4v) is 1.81. The number of nitrogens with one attached hydrogen (secondary N) is 1. The second-order valence-electron chi connectivity index (χ2n) is 4.44. The first-order valence-corrected chi connectivity index (χ1v) is 5.90. The van der Waals surface area contributed by atoms with E-state index in [0.29, 0.717) is 17.2 Å². The van der Waals surface area contributed by atoms with Gasteiger partial charge >= 0.3 is 0 Å². The van der Waals surface area contributed by atoms with Crippen molar-refractivity contribution in [3.63, 3.8) is 0 Å². The fourth-order valence-electron chi connectivity index (χ4n) is 1.81. The van der Waals surface area contributed by atoms with E-state index in [0.717, 1.165) is 17.1 Å². The van der Waals surface area contributed by atoms with Crippen LogP contribution < -0.4 is 10.5 Å². The average Bonchev–Trinajstić information content (AvgIpc) is 2.56. The summed E-state index contributed by atoms with van der Waals surface area (Å²) in [6, 6.07) is 3.54. The Labute approximate surface area is 111 Å². The Morgan fingerprint density at radius 1 is 1.32 bits per heavy atom. The monoisotopic (exact) mass is 259 g/mol. The Balaban J connectivity index is 2.48. The number of rotatable bonds is 3. The molecular weight excluding hydrogens is 242 g/mol. The lowest BCUT2D eigenvalue weighted by atomic mass is 10.2. The molecule has 100 valence electrons. The molecule has 2 aromatic rings. The Morgan fingerprint density at radius 3 is 2.53 bits per heavy atom. The van der Waals surface area contributed by atoms with E-state index in [4.69, 9.17) is 15.9 Å². The van der Waals surface area contributed by atoms with Crippen molar-refractivity contribution in [1.29, 1.82) is 5.41 Å². The maximum absolute atomic E-state index is 7.56. The molecule has 0 spiro atoms. The first-order chi connectivity index (χ1) is 8.90. The number of nitrogen functional groups attached to an aromatic ring is 1. The SMILES string of the molecule is Cc1ccc(C(=N)N)c(Oc2c(C)nn(C)c2C)n1. The maximum atomic E-state index is 7.56. The fraction of sp³-hybridized carbons (Fsp3) is 0.308. The zero-order valence-corrected chi connectivity index (χ0v) is 11.5. The highest BCUT2D eigenvalue weighted by Gasteiger charge is 2.16. The van der Waals surface area contributed by atoms with Crippen molar-refractivity contribution in [2.24, 2.45) is 12.8 Å². The van der Waals surface area contributed by atoms with Gasteiger partial charge < -0.3 is 10.5 Å². The van der Waals surface area contributed by atoms with Crippen LogP contribution in [0.1, 0.15) is 22.6 Å². The van der Waals surface area contributed by atoms with Gasteiger partial charge in [0.25, 0.3) is 0 Å². The summed E-state index contributed by atoms with van der Waals surface area (Å²) in [4.78, 5) is 4.30. The van der Waals surface area contributed by atoms with Crippen LogP contribution in [0.3, 0.4) is 0 Å². The van der Waals surface area contributed by atoms with Gasteiger partial charge in [0, 0.05) is 12.7 Å². The number of nitrogens with two attached hydrogens (primary N) is 1. The highest BCUT2D eigenvalue weighted by Crippen LogP contribution is 2.28. The largest absolute Gasteiger partial charge is 0.434 e. The molecule has 0 aliphatic carbocycles. The highest BCUT2D eigenvalue weighted by molar-refractivity contribution is 5.97. The van der Waals surface area contributed by atoms with Gasteiger partial charge in [0.15, 0.2) is 5.75 Å². The molecule has 0 aliphatic heterocycles. The van der Waals surface area contributed by atoms with Crippen molar-refractivity contribution in [3.05, 3.63) is 34.8 Å². The number of ether oxygens (including phenoxy) is 1. The smallest absolute Gasteiger partial charge is 0.230 e. The van der Waals surface area contributed by atoms with Crippen LogP contribution in [-0.4, -0.2) is 20.6 Å². The van der Waals surface area contributed by atoms with Crippen molar-refractivity contribution in [2.75, 3.05) is 0 Å². The molecule has 0 amide bonds. The van der Waals surface area contributed by atoms with Gasteiger partial charge in [0.2, 0.25) is 5.88 Å². The summed E-state index contributed by atoms with van der Waals surface area (Å²) in [5, 5.41) is 11.8. The minimum absolute atomic E-state index is 0.0679. The summed E-state index contributed by atoms with van der Waals surface area (Å²) >= 11 is 0. The zero-order chi connectivity index (χ0) is 14.2. The molecule has 2 rings (SSSR count). The molecule has 0 unspecified atom stereocenters. The van der Waals surface area contributed by atoms with Gasteiger partial charge in [-0.15, -0.1) is 0 Å². The number of aryl methyl sites for hydroxylation is 3. The van der Waals surface area contributed by atoms with E-state index in [2.05, 4.69) is 10.1 Å². The summed E-state index contributed by atoms with van der Waals surface area (Å²) in [7, 11) is 1.85. The van der Waals surface area contributed by atoms with Crippen molar-refractivity contribution < 1.29 is 4.74 Å². The number of nitrogens with zero attached hydrogens (tertiary/aromatic N) is 3. The summed E-state index contributed by atoms with van der Waals surface area (Å²) < 4.78 is 7.56. The topological polar surface area (TPSA) is 89.8 Å². The van der Waals surface area contributed by atoms with Crippen molar-refractivity contribution in [2.45, 2.75) is 20.8 Å².